The van der Waals surface area contributed by atoms with E-state index in [0.717, 1.165) is 10.6 Å². The van der Waals surface area contributed by atoms with Gasteiger partial charge in [0.2, 0.25) is 0 Å². The van der Waals surface area contributed by atoms with E-state index in [9.17, 15) is 0 Å². The van der Waals surface area contributed by atoms with Gasteiger partial charge in [-0.2, -0.15) is 0 Å². The summed E-state index contributed by atoms with van der Waals surface area (Å²) in [5.41, 5.74) is 1.13. The minimum absolute atomic E-state index is 0.840. The fraction of sp³-hybridized carbons (Fsp3) is 0.143. The van der Waals surface area contributed by atoms with Crippen LogP contribution in [-0.2, 0) is 0 Å². The molecule has 2 heteroatoms. The second-order valence-electron chi connectivity index (χ2n) is 3.27. The Labute approximate surface area is 107 Å². The highest BCUT2D eigenvalue weighted by molar-refractivity contribution is 7.98. The van der Waals surface area contributed by atoms with Crippen LogP contribution in [0.25, 0.3) is 0 Å². The van der Waals surface area contributed by atoms with Gasteiger partial charge in [0.05, 0.1) is 0 Å². The largest absolute Gasteiger partial charge is 0.130 e. The monoisotopic (exact) mass is 250 g/mol. The van der Waals surface area contributed by atoms with Crippen LogP contribution < -0.4 is 0 Å². The average Bonchev–Trinajstić information content (AvgIpc) is 2.35. The van der Waals surface area contributed by atoms with E-state index in [1.165, 1.54) is 4.90 Å². The van der Waals surface area contributed by atoms with Crippen molar-refractivity contribution in [1.29, 1.82) is 0 Å². The van der Waals surface area contributed by atoms with E-state index in [1.54, 1.807) is 11.8 Å². The van der Waals surface area contributed by atoms with E-state index in [-0.39, 0.29) is 0 Å². The molecular formula is C14H15ClS. The molecular weight excluding hydrogens is 236 g/mol. The molecule has 0 radical (unpaired) electrons. The number of hydrogen-bond acceptors (Lipinski definition) is 1. The zero-order valence-corrected chi connectivity index (χ0v) is 11.1. The first kappa shape index (κ1) is 13.1. The molecule has 2 rings (SSSR count). The van der Waals surface area contributed by atoms with Crippen molar-refractivity contribution in [1.82, 2.24) is 0 Å². The van der Waals surface area contributed by atoms with Crippen molar-refractivity contribution < 1.29 is 0 Å². The molecule has 0 aromatic heterocycles. The molecule has 0 aliphatic carbocycles. The fourth-order valence-electron chi connectivity index (χ4n) is 1.11. The van der Waals surface area contributed by atoms with E-state index in [4.69, 9.17) is 11.6 Å². The first-order chi connectivity index (χ1) is 7.74. The predicted molar refractivity (Wildman–Crippen MR) is 74.4 cm³/mol. The third-order valence-electron chi connectivity index (χ3n) is 2.06. The molecule has 0 aliphatic rings. The van der Waals surface area contributed by atoms with Crippen molar-refractivity contribution in [3.8, 4) is 0 Å². The summed E-state index contributed by atoms with van der Waals surface area (Å²) >= 11 is 7.48. The Morgan fingerprint density at radius 3 is 1.81 bits per heavy atom. The maximum Gasteiger partial charge on any atom is 0.0435 e. The van der Waals surface area contributed by atoms with Crippen LogP contribution in [0.4, 0.5) is 0 Å². The number of thioether (sulfide) groups is 1. The van der Waals surface area contributed by atoms with Crippen molar-refractivity contribution in [2.24, 2.45) is 0 Å². The van der Waals surface area contributed by atoms with Gasteiger partial charge in [-0.15, -0.1) is 11.8 Å². The molecule has 0 bridgehead atoms. The van der Waals surface area contributed by atoms with Crippen LogP contribution in [-0.4, -0.2) is 6.26 Å². The third kappa shape index (κ3) is 4.73. The number of hydrogen-bond donors (Lipinski definition) is 0. The Morgan fingerprint density at radius 1 is 0.875 bits per heavy atom. The standard InChI is InChI=1S/C7H7Cl.C7H8S/c1-6-4-2-3-5-7(6)8;1-8-7-5-3-2-4-6-7/h2-5H,1H3;2-6H,1H3. The maximum absolute atomic E-state index is 5.71. The van der Waals surface area contributed by atoms with Gasteiger partial charge < -0.3 is 0 Å². The summed E-state index contributed by atoms with van der Waals surface area (Å²) in [5.74, 6) is 0. The Kier molecular flexibility index (Phi) is 6.05. The van der Waals surface area contributed by atoms with Crippen LogP contribution in [0.2, 0.25) is 5.02 Å². The number of rotatable bonds is 1. The highest BCUT2D eigenvalue weighted by Crippen LogP contribution is 2.12. The van der Waals surface area contributed by atoms with E-state index < -0.39 is 0 Å². The lowest BCUT2D eigenvalue weighted by molar-refractivity contribution is 1.47. The highest BCUT2D eigenvalue weighted by atomic mass is 35.5. The molecule has 0 N–H and O–H groups in total. The first-order valence-electron chi connectivity index (χ1n) is 5.04. The first-order valence-corrected chi connectivity index (χ1v) is 6.64. The quantitative estimate of drug-likeness (QED) is 0.638. The van der Waals surface area contributed by atoms with E-state index in [0.29, 0.717) is 0 Å². The Balaban J connectivity index is 0.000000160. The van der Waals surface area contributed by atoms with Crippen molar-refractivity contribution >= 4 is 23.4 Å². The van der Waals surface area contributed by atoms with Gasteiger partial charge in [0.1, 0.15) is 0 Å². The summed E-state index contributed by atoms with van der Waals surface area (Å²) in [6.45, 7) is 1.99. The number of benzene rings is 2. The zero-order chi connectivity index (χ0) is 11.8. The third-order valence-corrected chi connectivity index (χ3v) is 3.22. The topological polar surface area (TPSA) is 0 Å². The SMILES string of the molecule is CSc1ccccc1.Cc1ccccc1Cl. The summed E-state index contributed by atoms with van der Waals surface area (Å²) in [6.07, 6.45) is 2.08. The lowest BCUT2D eigenvalue weighted by atomic mass is 10.2. The molecule has 0 aliphatic heterocycles. The van der Waals surface area contributed by atoms with Gasteiger partial charge in [0, 0.05) is 9.92 Å². The minimum atomic E-state index is 0.840. The second kappa shape index (κ2) is 7.37. The molecule has 0 saturated heterocycles. The van der Waals surface area contributed by atoms with E-state index in [1.807, 2.05) is 49.4 Å². The summed E-state index contributed by atoms with van der Waals surface area (Å²) < 4.78 is 0. The number of halogens is 1. The summed E-state index contributed by atoms with van der Waals surface area (Å²) in [7, 11) is 0. The molecule has 16 heavy (non-hydrogen) atoms. The molecule has 84 valence electrons. The van der Waals surface area contributed by atoms with Crippen molar-refractivity contribution in [2.75, 3.05) is 6.26 Å². The Hall–Kier alpha value is -0.920. The fourth-order valence-corrected chi connectivity index (χ4v) is 1.67. The smallest absolute Gasteiger partial charge is 0.0435 e. The van der Waals surface area contributed by atoms with Gasteiger partial charge in [-0.05, 0) is 36.9 Å². The molecule has 0 spiro atoms. The number of aryl methyl sites for hydroxylation is 1. The average molecular weight is 251 g/mol. The molecule has 0 amide bonds. The predicted octanol–water partition coefficient (Wildman–Crippen LogP) is 5.06. The van der Waals surface area contributed by atoms with Crippen LogP contribution >= 0.6 is 23.4 Å². The van der Waals surface area contributed by atoms with Gasteiger partial charge in [0.15, 0.2) is 0 Å². The van der Waals surface area contributed by atoms with Crippen LogP contribution in [0, 0.1) is 6.92 Å². The Bertz CT molecular complexity index is 391. The lowest BCUT2D eigenvalue weighted by Crippen LogP contribution is -1.68. The van der Waals surface area contributed by atoms with Gasteiger partial charge in [0.25, 0.3) is 0 Å². The molecule has 0 saturated carbocycles. The van der Waals surface area contributed by atoms with Crippen molar-refractivity contribution in [3.63, 3.8) is 0 Å². The Morgan fingerprint density at radius 2 is 1.44 bits per heavy atom. The normalized spacial score (nSPS) is 9.19. The van der Waals surface area contributed by atoms with Crippen LogP contribution in [0.15, 0.2) is 59.5 Å². The second-order valence-corrected chi connectivity index (χ2v) is 4.55. The molecule has 0 atom stereocenters. The van der Waals surface area contributed by atoms with Gasteiger partial charge >= 0.3 is 0 Å². The summed E-state index contributed by atoms with van der Waals surface area (Å²) in [6, 6.07) is 18.1. The zero-order valence-electron chi connectivity index (χ0n) is 9.48. The van der Waals surface area contributed by atoms with Gasteiger partial charge in [-0.1, -0.05) is 48.0 Å². The molecule has 0 unspecified atom stereocenters. The molecule has 2 aromatic carbocycles. The van der Waals surface area contributed by atoms with Crippen LogP contribution in [0.5, 0.6) is 0 Å². The lowest BCUT2D eigenvalue weighted by Gasteiger charge is -1.90. The van der Waals surface area contributed by atoms with Gasteiger partial charge in [-0.3, -0.25) is 0 Å². The summed E-state index contributed by atoms with van der Waals surface area (Å²) in [4.78, 5) is 1.33. The van der Waals surface area contributed by atoms with Crippen molar-refractivity contribution in [3.05, 3.63) is 65.2 Å². The van der Waals surface area contributed by atoms with E-state index in [2.05, 4.69) is 18.4 Å². The molecule has 0 fully saturated rings. The highest BCUT2D eigenvalue weighted by Gasteiger charge is 1.86. The summed E-state index contributed by atoms with van der Waals surface area (Å²) in [5, 5.41) is 0.840. The van der Waals surface area contributed by atoms with Gasteiger partial charge in [-0.25, -0.2) is 0 Å². The van der Waals surface area contributed by atoms with Crippen molar-refractivity contribution in [2.45, 2.75) is 11.8 Å². The molecule has 0 heterocycles. The van der Waals surface area contributed by atoms with Crippen LogP contribution in [0.3, 0.4) is 0 Å². The molecule has 0 nitrogen and oxygen atoms in total. The van der Waals surface area contributed by atoms with Crippen LogP contribution in [0.1, 0.15) is 5.56 Å². The maximum atomic E-state index is 5.71. The minimum Gasteiger partial charge on any atom is -0.130 e. The van der Waals surface area contributed by atoms with E-state index >= 15 is 0 Å². The molecule has 2 aromatic rings.